The number of hydrogen-bond acceptors (Lipinski definition) is 6. The van der Waals surface area contributed by atoms with E-state index < -0.39 is 11.9 Å². The number of nitrogens with one attached hydrogen (secondary N) is 2. The van der Waals surface area contributed by atoms with Crippen molar-refractivity contribution in [3.8, 4) is 17.2 Å². The van der Waals surface area contributed by atoms with E-state index in [0.29, 0.717) is 23.1 Å². The number of para-hydroxylation sites is 1. The van der Waals surface area contributed by atoms with E-state index in [2.05, 4.69) is 48.2 Å². The van der Waals surface area contributed by atoms with Crippen molar-refractivity contribution >= 4 is 40.3 Å². The van der Waals surface area contributed by atoms with Gasteiger partial charge in [-0.1, -0.05) is 30.3 Å². The highest BCUT2D eigenvalue weighted by Crippen LogP contribution is 2.31. The van der Waals surface area contributed by atoms with Gasteiger partial charge in [0.05, 0.1) is 17.4 Å². The first-order chi connectivity index (χ1) is 22.3. The predicted molar refractivity (Wildman–Crippen MR) is 183 cm³/mol. The van der Waals surface area contributed by atoms with Crippen molar-refractivity contribution in [2.45, 2.75) is 56.6 Å². The molecule has 0 atom stereocenters. The largest absolute Gasteiger partial charge is 0.490 e. The van der Waals surface area contributed by atoms with Crippen LogP contribution in [0.4, 0.5) is 5.69 Å². The number of amides is 1. The number of benzene rings is 5. The molecule has 1 aliphatic rings. The molecule has 5 aromatic carbocycles. The summed E-state index contributed by atoms with van der Waals surface area (Å²) in [6.07, 6.45) is 4.42. The fourth-order valence-electron chi connectivity index (χ4n) is 5.54. The molecule has 1 aliphatic carbocycles. The summed E-state index contributed by atoms with van der Waals surface area (Å²) < 4.78 is 16.1. The van der Waals surface area contributed by atoms with Gasteiger partial charge in [0.15, 0.2) is 0 Å². The zero-order valence-electron chi connectivity index (χ0n) is 25.8. The van der Waals surface area contributed by atoms with Crippen LogP contribution in [0.3, 0.4) is 0 Å². The fourth-order valence-corrected chi connectivity index (χ4v) is 6.45. The van der Waals surface area contributed by atoms with Gasteiger partial charge < -0.3 is 19.9 Å². The zero-order chi connectivity index (χ0) is 32.0. The molecule has 8 heteroatoms. The SMILES string of the molecule is Cc1ccc(SNC2CCC(Oc3ccc4cc(Oc5ccc(C(=O)Nc6ccccc6C(=O)O)cc5)ccc4c3)CC2)cc1C. The minimum atomic E-state index is -1.10. The summed E-state index contributed by atoms with van der Waals surface area (Å²) in [5, 5.41) is 14.1. The second-order valence-corrected chi connectivity index (χ2v) is 12.6. The minimum absolute atomic E-state index is 0.0324. The highest BCUT2D eigenvalue weighted by molar-refractivity contribution is 7.97. The first-order valence-electron chi connectivity index (χ1n) is 15.4. The van der Waals surface area contributed by atoms with E-state index in [9.17, 15) is 14.7 Å². The van der Waals surface area contributed by atoms with E-state index in [1.807, 2.05) is 30.3 Å². The van der Waals surface area contributed by atoms with E-state index in [1.165, 1.54) is 22.1 Å². The lowest BCUT2D eigenvalue weighted by Gasteiger charge is -2.29. The maximum atomic E-state index is 12.7. The van der Waals surface area contributed by atoms with Gasteiger partial charge in [0.1, 0.15) is 17.2 Å². The van der Waals surface area contributed by atoms with E-state index in [-0.39, 0.29) is 17.4 Å². The Balaban J connectivity index is 1.00. The van der Waals surface area contributed by atoms with Crippen LogP contribution >= 0.6 is 11.9 Å². The molecule has 7 nitrogen and oxygen atoms in total. The molecule has 0 bridgehead atoms. The first kappa shape index (κ1) is 31.2. The monoisotopic (exact) mass is 632 g/mol. The Hall–Kier alpha value is -4.79. The second kappa shape index (κ2) is 14.1. The van der Waals surface area contributed by atoms with Crippen molar-refractivity contribution in [2.24, 2.45) is 0 Å². The standard InChI is InChI=1S/C38H36N2O5S/c1-24-7-20-34(21-25(24)2)46-40-29-12-18-31(19-13-29)45-33-17-11-27-22-32(16-10-28(27)23-33)44-30-14-8-26(9-15-30)37(41)39-36-6-4-3-5-35(36)38(42)43/h3-11,14-17,20-23,29,31,40H,12-13,18-19H2,1-2H3,(H,39,41)(H,42,43). The van der Waals surface area contributed by atoms with Crippen molar-refractivity contribution in [1.82, 2.24) is 4.72 Å². The number of rotatable bonds is 10. The third kappa shape index (κ3) is 7.70. The minimum Gasteiger partial charge on any atom is -0.490 e. The zero-order valence-corrected chi connectivity index (χ0v) is 26.6. The average molecular weight is 633 g/mol. The summed E-state index contributed by atoms with van der Waals surface area (Å²) in [4.78, 5) is 25.4. The van der Waals surface area contributed by atoms with E-state index in [0.717, 1.165) is 42.2 Å². The molecule has 0 saturated heterocycles. The molecule has 46 heavy (non-hydrogen) atoms. The number of hydrogen-bond donors (Lipinski definition) is 3. The maximum Gasteiger partial charge on any atom is 0.337 e. The van der Waals surface area contributed by atoms with Gasteiger partial charge in [-0.25, -0.2) is 4.79 Å². The molecule has 0 radical (unpaired) electrons. The molecule has 1 amide bonds. The number of fused-ring (bicyclic) bond motifs is 1. The molecule has 1 fully saturated rings. The van der Waals surface area contributed by atoms with Gasteiger partial charge in [-0.15, -0.1) is 0 Å². The molecule has 3 N–H and O–H groups in total. The van der Waals surface area contributed by atoms with Crippen molar-refractivity contribution in [1.29, 1.82) is 0 Å². The van der Waals surface area contributed by atoms with Crippen LogP contribution in [0.25, 0.3) is 10.8 Å². The van der Waals surface area contributed by atoms with Crippen LogP contribution in [-0.2, 0) is 0 Å². The summed E-state index contributed by atoms with van der Waals surface area (Å²) >= 11 is 1.73. The van der Waals surface area contributed by atoms with Crippen molar-refractivity contribution in [3.05, 3.63) is 125 Å². The van der Waals surface area contributed by atoms with E-state index in [1.54, 1.807) is 54.4 Å². The Morgan fingerprint density at radius 1 is 0.739 bits per heavy atom. The topological polar surface area (TPSA) is 96.9 Å². The number of carboxylic acids is 1. The molecule has 5 aromatic rings. The molecule has 0 spiro atoms. The van der Waals surface area contributed by atoms with Gasteiger partial charge in [-0.05, 0) is 146 Å². The van der Waals surface area contributed by atoms with Crippen LogP contribution < -0.4 is 19.5 Å². The Bertz CT molecular complexity index is 1870. The van der Waals surface area contributed by atoms with E-state index >= 15 is 0 Å². The average Bonchev–Trinajstić information content (AvgIpc) is 3.06. The summed E-state index contributed by atoms with van der Waals surface area (Å²) in [6.45, 7) is 4.30. The molecule has 0 unspecified atom stereocenters. The fraction of sp³-hybridized carbons (Fsp3) is 0.211. The second-order valence-electron chi connectivity index (χ2n) is 11.7. The van der Waals surface area contributed by atoms with Crippen molar-refractivity contribution in [3.63, 3.8) is 0 Å². The number of ether oxygens (including phenoxy) is 2. The first-order valence-corrected chi connectivity index (χ1v) is 16.2. The maximum absolute atomic E-state index is 12.7. The van der Waals surface area contributed by atoms with Crippen LogP contribution in [-0.4, -0.2) is 29.1 Å². The highest BCUT2D eigenvalue weighted by atomic mass is 32.2. The Morgan fingerprint density at radius 2 is 1.41 bits per heavy atom. The van der Waals surface area contributed by atoms with Gasteiger partial charge in [0.2, 0.25) is 0 Å². The van der Waals surface area contributed by atoms with Crippen LogP contribution in [0.15, 0.2) is 108 Å². The molecule has 0 aliphatic heterocycles. The number of aromatic carboxylic acids is 1. The lowest BCUT2D eigenvalue weighted by atomic mass is 9.93. The molecular weight excluding hydrogens is 596 g/mol. The molecule has 6 rings (SSSR count). The Morgan fingerprint density at radius 3 is 2.13 bits per heavy atom. The molecular formula is C38H36N2O5S. The number of carboxylic acid groups (broad SMARTS) is 1. The van der Waals surface area contributed by atoms with E-state index in [4.69, 9.17) is 9.47 Å². The lowest BCUT2D eigenvalue weighted by Crippen LogP contribution is -2.33. The summed E-state index contributed by atoms with van der Waals surface area (Å²) in [7, 11) is 0. The Labute approximate surface area is 273 Å². The third-order valence-electron chi connectivity index (χ3n) is 8.34. The third-order valence-corrected chi connectivity index (χ3v) is 9.28. The molecule has 0 aromatic heterocycles. The van der Waals surface area contributed by atoms with Gasteiger partial charge >= 0.3 is 5.97 Å². The van der Waals surface area contributed by atoms with Gasteiger partial charge in [-0.3, -0.25) is 9.52 Å². The summed E-state index contributed by atoms with van der Waals surface area (Å²) in [5.41, 5.74) is 3.31. The molecule has 234 valence electrons. The quantitative estimate of drug-likeness (QED) is 0.132. The number of aryl methyl sites for hydroxylation is 2. The molecule has 0 heterocycles. The van der Waals surface area contributed by atoms with Gasteiger partial charge in [0.25, 0.3) is 5.91 Å². The number of anilines is 1. The van der Waals surface area contributed by atoms with Crippen molar-refractivity contribution in [2.75, 3.05) is 5.32 Å². The normalized spacial score (nSPS) is 16.1. The van der Waals surface area contributed by atoms with Crippen LogP contribution in [0.2, 0.25) is 0 Å². The van der Waals surface area contributed by atoms with Crippen LogP contribution in [0.5, 0.6) is 17.2 Å². The number of carbonyl (C=O) groups is 2. The van der Waals surface area contributed by atoms with Crippen LogP contribution in [0, 0.1) is 13.8 Å². The van der Waals surface area contributed by atoms with Gasteiger partial charge in [0, 0.05) is 16.5 Å². The Kier molecular flexibility index (Phi) is 9.57. The van der Waals surface area contributed by atoms with Gasteiger partial charge in [-0.2, -0.15) is 0 Å². The highest BCUT2D eigenvalue weighted by Gasteiger charge is 2.22. The predicted octanol–water partition coefficient (Wildman–Crippen LogP) is 9.19. The van der Waals surface area contributed by atoms with Crippen LogP contribution in [0.1, 0.15) is 57.5 Å². The lowest BCUT2D eigenvalue weighted by molar-refractivity contribution is 0.0698. The smallest absolute Gasteiger partial charge is 0.337 e. The summed E-state index contributed by atoms with van der Waals surface area (Å²) in [6, 6.07) is 32.2. The van der Waals surface area contributed by atoms with Crippen molar-refractivity contribution < 1.29 is 24.2 Å². The summed E-state index contributed by atoms with van der Waals surface area (Å²) in [5.74, 6) is 0.633. The number of carbonyl (C=O) groups excluding carboxylic acids is 1. The molecule has 1 saturated carbocycles.